The molecule has 20 nitrogen and oxygen atoms in total. The number of benzene rings is 6. The van der Waals surface area contributed by atoms with Crippen molar-refractivity contribution in [2.45, 2.75) is 24.8 Å². The van der Waals surface area contributed by atoms with Crippen molar-refractivity contribution in [3.05, 3.63) is 120 Å². The van der Waals surface area contributed by atoms with Crippen LogP contribution in [0.1, 0.15) is 11.1 Å². The van der Waals surface area contributed by atoms with Gasteiger partial charge in [0, 0.05) is 41.5 Å². The van der Waals surface area contributed by atoms with Crippen LogP contribution in [-0.2, 0) is 10.1 Å². The number of hydrogen-bond donors (Lipinski definition) is 6. The third-order valence-corrected chi connectivity index (χ3v) is 10.2. The molecule has 0 aliphatic carbocycles. The fourth-order valence-corrected chi connectivity index (χ4v) is 6.53. The molecule has 0 bridgehead atoms. The molecule has 0 saturated carbocycles. The van der Waals surface area contributed by atoms with Gasteiger partial charge < -0.3 is 45.3 Å². The van der Waals surface area contributed by atoms with Crippen LogP contribution in [0.2, 0.25) is 0 Å². The second kappa shape index (κ2) is 24.7. The van der Waals surface area contributed by atoms with E-state index in [1.54, 1.807) is 66.7 Å². The van der Waals surface area contributed by atoms with Crippen LogP contribution in [0.5, 0.6) is 17.2 Å². The molecule has 0 radical (unpaired) electrons. The Labute approximate surface area is 427 Å². The number of phenolic OH excluding ortho intramolecular Hbond substituents is 1. The SMILES string of the molecule is COc1cc(N=Nc2cc(C)c(N=Nc3cc[c-]cc3)cc2OC)c(C)cc1N=Nc1[c-]cc2cc(Nc3nc(NCC(O)CO)nc(Nc4cccc(S(=O)(=O)[O-])c4)n3)ccc2c1O.[Li+].[Li+].[Li+]. The van der Waals surface area contributed by atoms with Gasteiger partial charge in [0.1, 0.15) is 33.0 Å². The number of ether oxygens (including phenoxy) is 2. The number of fused-ring (bicyclic) bond motifs is 1. The van der Waals surface area contributed by atoms with Gasteiger partial charge in [0.25, 0.3) is 0 Å². The number of aliphatic hydroxyl groups excluding tert-OH is 2. The molecule has 1 atom stereocenters. The van der Waals surface area contributed by atoms with Gasteiger partial charge in [0.05, 0.1) is 43.2 Å². The molecule has 1 aromatic heterocycles. The molecule has 24 heteroatoms. The quantitative estimate of drug-likeness (QED) is 0.0312. The number of methoxy groups -OCH3 is 2. The molecule has 0 aliphatic heterocycles. The van der Waals surface area contributed by atoms with Crippen molar-refractivity contribution in [2.24, 2.45) is 30.7 Å². The van der Waals surface area contributed by atoms with Crippen LogP contribution in [0.15, 0.2) is 133 Å². The number of hydrogen-bond acceptors (Lipinski definition) is 20. The molecule has 0 fully saturated rings. The normalized spacial score (nSPS) is 11.8. The number of phenols is 1. The predicted octanol–water partition coefficient (Wildman–Crippen LogP) is 0.379. The summed E-state index contributed by atoms with van der Waals surface area (Å²) in [7, 11) is -1.71. The minimum atomic E-state index is -4.73. The van der Waals surface area contributed by atoms with E-state index >= 15 is 0 Å². The fraction of sp³-hybridized carbons (Fsp3) is 0.159. The standard InChI is InChI=1S/C44H40N12O8S.3Li/c1-25-17-38(39(63-3)21-35(25)53-51-28-9-6-5-7-10-28)56-54-36-22-40(64-4)37(18-26(36)2)55-52-34-16-13-27-19-30(14-15-33(27)41(34)59)47-44-49-42(45-23-31(58)24-57)48-43(50-44)46-29-11-8-12-32(20-29)65(60,61)62;;;/h6-15,17-22,31,57-59H,23-24H2,1-4H3,(H,60,61,62)(H3,45,46,47,48,49,50);;;/q-2;3*+1/p-1. The largest absolute Gasteiger partial charge is 1.00 e. The Morgan fingerprint density at radius 1 is 0.721 bits per heavy atom. The van der Waals surface area contributed by atoms with E-state index in [0.717, 1.165) is 17.7 Å². The molecular weight excluding hydrogens is 877 g/mol. The van der Waals surface area contributed by atoms with Crippen LogP contribution in [0.25, 0.3) is 10.8 Å². The van der Waals surface area contributed by atoms with Gasteiger partial charge in [-0.05, 0) is 67.1 Å². The molecule has 0 amide bonds. The van der Waals surface area contributed by atoms with Crippen LogP contribution in [0, 0.1) is 26.0 Å². The summed E-state index contributed by atoms with van der Waals surface area (Å²) in [6.07, 6.45) is -1.11. The van der Waals surface area contributed by atoms with Gasteiger partial charge in [-0.25, -0.2) is 8.42 Å². The number of azo groups is 3. The number of aryl methyl sites for hydroxylation is 2. The Balaban J connectivity index is 0.00000336. The minimum Gasteiger partial charge on any atom is -0.744 e. The van der Waals surface area contributed by atoms with Gasteiger partial charge in [-0.2, -0.15) is 65.7 Å². The van der Waals surface area contributed by atoms with Gasteiger partial charge in [0.15, 0.2) is 0 Å². The van der Waals surface area contributed by atoms with Crippen LogP contribution in [0.3, 0.4) is 0 Å². The summed E-state index contributed by atoms with van der Waals surface area (Å²) in [5.74, 6) is 0.604. The molecule has 68 heavy (non-hydrogen) atoms. The maximum atomic E-state index is 11.6. The molecule has 0 spiro atoms. The van der Waals surface area contributed by atoms with Crippen molar-refractivity contribution in [3.63, 3.8) is 0 Å². The molecule has 7 aromatic rings. The summed E-state index contributed by atoms with van der Waals surface area (Å²) in [5, 5.41) is 66.3. The van der Waals surface area contributed by atoms with Gasteiger partial charge in [-0.1, -0.05) is 23.6 Å². The van der Waals surface area contributed by atoms with Gasteiger partial charge in [0.2, 0.25) is 17.8 Å². The van der Waals surface area contributed by atoms with E-state index in [4.69, 9.17) is 9.47 Å². The second-order valence-corrected chi connectivity index (χ2v) is 15.4. The van der Waals surface area contributed by atoms with E-state index < -0.39 is 27.7 Å². The van der Waals surface area contributed by atoms with Gasteiger partial charge >= 0.3 is 56.6 Å². The molecule has 0 aliphatic rings. The first-order valence-electron chi connectivity index (χ1n) is 19.4. The molecule has 7 rings (SSSR count). The minimum absolute atomic E-state index is 0. The van der Waals surface area contributed by atoms with Gasteiger partial charge in [-0.15, -0.1) is 27.7 Å². The number of aliphatic hydroxyl groups is 2. The van der Waals surface area contributed by atoms with E-state index in [9.17, 15) is 28.3 Å². The number of aromatic hydroxyl groups is 1. The molecule has 0 saturated heterocycles. The number of nitrogens with zero attached hydrogens (tertiary/aromatic N) is 9. The third-order valence-electron chi connectivity index (χ3n) is 9.36. The van der Waals surface area contributed by atoms with Crippen molar-refractivity contribution >= 4 is 84.2 Å². The molecule has 6 aromatic carbocycles. The van der Waals surface area contributed by atoms with Crippen molar-refractivity contribution in [1.29, 1.82) is 0 Å². The Hall–Kier alpha value is -6.19. The number of aromatic nitrogens is 3. The maximum Gasteiger partial charge on any atom is 1.00 e. The number of anilines is 5. The van der Waals surface area contributed by atoms with E-state index in [1.165, 1.54) is 26.4 Å². The van der Waals surface area contributed by atoms with Crippen molar-refractivity contribution in [1.82, 2.24) is 15.0 Å². The number of nitrogens with one attached hydrogen (secondary N) is 3. The molecule has 1 heterocycles. The topological polar surface area (TPSA) is 285 Å². The van der Waals surface area contributed by atoms with E-state index in [1.807, 2.05) is 19.9 Å². The monoisotopic (exact) mass is 916 g/mol. The average molecular weight is 917 g/mol. The van der Waals surface area contributed by atoms with Gasteiger partial charge in [-0.3, -0.25) is 0 Å². The van der Waals surface area contributed by atoms with Crippen LogP contribution < -0.4 is 82.0 Å². The molecule has 1 unspecified atom stereocenters. The molecular formula is C44H39Li3N12O8S. The second-order valence-electron chi connectivity index (χ2n) is 14.0. The van der Waals surface area contributed by atoms with Crippen LogP contribution in [-0.4, -0.2) is 76.7 Å². The summed E-state index contributed by atoms with van der Waals surface area (Å²) in [6, 6.07) is 31.8. The van der Waals surface area contributed by atoms with E-state index in [2.05, 4.69) is 73.7 Å². The van der Waals surface area contributed by atoms with Crippen molar-refractivity contribution < 1.29 is 94.3 Å². The first-order valence-corrected chi connectivity index (χ1v) is 20.9. The smallest absolute Gasteiger partial charge is 0.744 e. The first-order chi connectivity index (χ1) is 31.3. The Bertz CT molecular complexity index is 3080. The zero-order valence-corrected chi connectivity index (χ0v) is 38.9. The first kappa shape index (κ1) is 54.4. The van der Waals surface area contributed by atoms with Crippen LogP contribution >= 0.6 is 0 Å². The summed E-state index contributed by atoms with van der Waals surface area (Å²) >= 11 is 0. The van der Waals surface area contributed by atoms with E-state index in [0.29, 0.717) is 62.0 Å². The Kier molecular flexibility index (Phi) is 19.8. The van der Waals surface area contributed by atoms with Crippen molar-refractivity contribution in [3.8, 4) is 17.2 Å². The fourth-order valence-electron chi connectivity index (χ4n) is 6.01. The summed E-state index contributed by atoms with van der Waals surface area (Å²) in [5.41, 5.74) is 4.96. The summed E-state index contributed by atoms with van der Waals surface area (Å²) < 4.78 is 45.9. The Morgan fingerprint density at radius 3 is 1.87 bits per heavy atom. The summed E-state index contributed by atoms with van der Waals surface area (Å²) in [6.45, 7) is 3.11. The van der Waals surface area contributed by atoms with Crippen molar-refractivity contribution in [2.75, 3.05) is 43.3 Å². The Morgan fingerprint density at radius 2 is 1.28 bits per heavy atom. The summed E-state index contributed by atoms with van der Waals surface area (Å²) in [4.78, 5) is 12.5. The zero-order chi connectivity index (χ0) is 46.1. The molecule has 332 valence electrons. The van der Waals surface area contributed by atoms with E-state index in [-0.39, 0.29) is 98.1 Å². The van der Waals surface area contributed by atoms with Crippen LogP contribution in [0.4, 0.5) is 63.3 Å². The zero-order valence-electron chi connectivity index (χ0n) is 38.0. The maximum absolute atomic E-state index is 11.6. The number of rotatable bonds is 17. The third kappa shape index (κ3) is 13.9. The average Bonchev–Trinajstić information content (AvgIpc) is 3.30. The molecule has 6 N–H and O–H groups in total. The predicted molar refractivity (Wildman–Crippen MR) is 240 cm³/mol.